The van der Waals surface area contributed by atoms with Gasteiger partial charge in [-0.05, 0) is 42.5 Å². The molecule has 0 bridgehead atoms. The summed E-state index contributed by atoms with van der Waals surface area (Å²) < 4.78 is 1.55. The zero-order valence-electron chi connectivity index (χ0n) is 14.7. The van der Waals surface area contributed by atoms with Gasteiger partial charge in [0.25, 0.3) is 5.56 Å². The summed E-state index contributed by atoms with van der Waals surface area (Å²) >= 11 is 5.96. The topological polar surface area (TPSA) is 51.1 Å². The fourth-order valence-electron chi connectivity index (χ4n) is 2.65. The van der Waals surface area contributed by atoms with Crippen molar-refractivity contribution >= 4 is 17.5 Å². The molecule has 1 heterocycles. The van der Waals surface area contributed by atoms with Gasteiger partial charge in [-0.3, -0.25) is 9.59 Å². The number of amides is 1. The Kier molecular flexibility index (Phi) is 7.26. The van der Waals surface area contributed by atoms with Crippen molar-refractivity contribution in [1.82, 2.24) is 9.88 Å². The molecule has 2 aromatic rings. The van der Waals surface area contributed by atoms with Crippen LogP contribution in [0.3, 0.4) is 0 Å². The Morgan fingerprint density at radius 1 is 1.12 bits per heavy atom. The summed E-state index contributed by atoms with van der Waals surface area (Å²) in [5, 5.41) is 3.78. The highest BCUT2D eigenvalue weighted by molar-refractivity contribution is 6.30. The number of nitrogens with one attached hydrogen (secondary N) is 1. The van der Waals surface area contributed by atoms with Crippen LogP contribution in [0.5, 0.6) is 0 Å². The maximum Gasteiger partial charge on any atom is 0.250 e. The van der Waals surface area contributed by atoms with Crippen molar-refractivity contribution in [3.63, 3.8) is 0 Å². The molecule has 25 heavy (non-hydrogen) atoms. The Morgan fingerprint density at radius 3 is 2.48 bits per heavy atom. The Morgan fingerprint density at radius 2 is 1.84 bits per heavy atom. The minimum absolute atomic E-state index is 0.0420. The number of aromatic nitrogens is 1. The molecule has 1 aromatic carbocycles. The normalized spacial score (nSPS) is 12.2. The number of hydrogen-bond acceptors (Lipinski definition) is 2. The number of aryl methyl sites for hydroxylation is 1. The predicted molar refractivity (Wildman–Crippen MR) is 102 cm³/mol. The molecule has 4 nitrogen and oxygen atoms in total. The Labute approximate surface area is 153 Å². The van der Waals surface area contributed by atoms with Gasteiger partial charge >= 0.3 is 0 Å². The predicted octanol–water partition coefficient (Wildman–Crippen LogP) is 4.19. The molecule has 0 aliphatic carbocycles. The number of rotatable bonds is 8. The molecule has 0 saturated heterocycles. The molecule has 0 fully saturated rings. The SMILES string of the molecule is CC(C)CCC(NC(=O)CCn1ccccc1=O)c1ccc(Cl)cc1. The van der Waals surface area contributed by atoms with E-state index in [1.165, 1.54) is 6.07 Å². The molecule has 1 N–H and O–H groups in total. The van der Waals surface area contributed by atoms with Crippen LogP contribution in [-0.4, -0.2) is 10.5 Å². The molecule has 0 saturated carbocycles. The molecular weight excluding hydrogens is 336 g/mol. The average Bonchev–Trinajstić information content (AvgIpc) is 2.58. The number of benzene rings is 1. The molecular formula is C20H25ClN2O2. The Balaban J connectivity index is 1.99. The van der Waals surface area contributed by atoms with E-state index >= 15 is 0 Å². The van der Waals surface area contributed by atoms with Crippen molar-refractivity contribution in [2.45, 2.75) is 45.7 Å². The number of carbonyl (C=O) groups excluding carboxylic acids is 1. The van der Waals surface area contributed by atoms with Gasteiger partial charge in [-0.1, -0.05) is 43.6 Å². The second-order valence-electron chi connectivity index (χ2n) is 6.63. The number of hydrogen-bond donors (Lipinski definition) is 1. The van der Waals surface area contributed by atoms with E-state index in [4.69, 9.17) is 11.6 Å². The number of halogens is 1. The molecule has 1 atom stereocenters. The van der Waals surface area contributed by atoms with E-state index < -0.39 is 0 Å². The lowest BCUT2D eigenvalue weighted by Gasteiger charge is -2.20. The summed E-state index contributed by atoms with van der Waals surface area (Å²) in [5.41, 5.74) is 0.958. The van der Waals surface area contributed by atoms with Gasteiger partial charge in [0.05, 0.1) is 6.04 Å². The minimum Gasteiger partial charge on any atom is -0.349 e. The molecule has 0 radical (unpaired) electrons. The van der Waals surface area contributed by atoms with E-state index in [1.54, 1.807) is 22.9 Å². The fourth-order valence-corrected chi connectivity index (χ4v) is 2.78. The highest BCUT2D eigenvalue weighted by Crippen LogP contribution is 2.23. The van der Waals surface area contributed by atoms with Gasteiger partial charge in [0.15, 0.2) is 0 Å². The van der Waals surface area contributed by atoms with Crippen molar-refractivity contribution < 1.29 is 4.79 Å². The van der Waals surface area contributed by atoms with Gasteiger partial charge in [0, 0.05) is 30.3 Å². The maximum atomic E-state index is 12.4. The quantitative estimate of drug-likeness (QED) is 0.767. The van der Waals surface area contributed by atoms with Gasteiger partial charge in [-0.15, -0.1) is 0 Å². The highest BCUT2D eigenvalue weighted by atomic mass is 35.5. The molecule has 1 amide bonds. The summed E-state index contributed by atoms with van der Waals surface area (Å²) in [6, 6.07) is 12.5. The Bertz CT molecular complexity index is 738. The monoisotopic (exact) mass is 360 g/mol. The average molecular weight is 361 g/mol. The zero-order valence-corrected chi connectivity index (χ0v) is 15.5. The molecule has 2 rings (SSSR count). The number of pyridine rings is 1. The first-order valence-corrected chi connectivity index (χ1v) is 9.04. The van der Waals surface area contributed by atoms with E-state index in [9.17, 15) is 9.59 Å². The van der Waals surface area contributed by atoms with Crippen LogP contribution < -0.4 is 10.9 Å². The van der Waals surface area contributed by atoms with Crippen LogP contribution in [0.1, 0.15) is 44.7 Å². The van der Waals surface area contributed by atoms with E-state index in [2.05, 4.69) is 19.2 Å². The van der Waals surface area contributed by atoms with E-state index in [0.29, 0.717) is 17.5 Å². The Hall–Kier alpha value is -2.07. The van der Waals surface area contributed by atoms with E-state index in [0.717, 1.165) is 18.4 Å². The van der Waals surface area contributed by atoms with Crippen LogP contribution in [0.4, 0.5) is 0 Å². The van der Waals surface area contributed by atoms with Crippen LogP contribution in [0, 0.1) is 5.92 Å². The third-order valence-electron chi connectivity index (χ3n) is 4.12. The summed E-state index contributed by atoms with van der Waals surface area (Å²) in [6.45, 7) is 4.72. The molecule has 0 spiro atoms. The number of carbonyl (C=O) groups is 1. The largest absolute Gasteiger partial charge is 0.349 e. The van der Waals surface area contributed by atoms with Crippen LogP contribution in [0.2, 0.25) is 5.02 Å². The van der Waals surface area contributed by atoms with Gasteiger partial charge < -0.3 is 9.88 Å². The zero-order chi connectivity index (χ0) is 18.2. The fraction of sp³-hybridized carbons (Fsp3) is 0.400. The van der Waals surface area contributed by atoms with Crippen LogP contribution in [-0.2, 0) is 11.3 Å². The van der Waals surface area contributed by atoms with E-state index in [-0.39, 0.29) is 23.9 Å². The summed E-state index contributed by atoms with van der Waals surface area (Å²) in [5.74, 6) is 0.508. The summed E-state index contributed by atoms with van der Waals surface area (Å²) in [4.78, 5) is 24.1. The molecule has 0 aliphatic heterocycles. The van der Waals surface area contributed by atoms with Gasteiger partial charge in [0.2, 0.25) is 5.91 Å². The molecule has 5 heteroatoms. The summed E-state index contributed by atoms with van der Waals surface area (Å²) in [7, 11) is 0. The highest BCUT2D eigenvalue weighted by Gasteiger charge is 2.15. The smallest absolute Gasteiger partial charge is 0.250 e. The van der Waals surface area contributed by atoms with Crippen LogP contribution in [0.25, 0.3) is 0 Å². The van der Waals surface area contributed by atoms with E-state index in [1.807, 2.05) is 24.3 Å². The second-order valence-corrected chi connectivity index (χ2v) is 7.06. The van der Waals surface area contributed by atoms with Crippen molar-refractivity contribution in [1.29, 1.82) is 0 Å². The lowest BCUT2D eigenvalue weighted by molar-refractivity contribution is -0.122. The van der Waals surface area contributed by atoms with Gasteiger partial charge in [0.1, 0.15) is 0 Å². The minimum atomic E-state index is -0.0932. The van der Waals surface area contributed by atoms with Crippen LogP contribution in [0.15, 0.2) is 53.5 Å². The van der Waals surface area contributed by atoms with Crippen molar-refractivity contribution in [2.75, 3.05) is 0 Å². The molecule has 134 valence electrons. The lowest BCUT2D eigenvalue weighted by Crippen LogP contribution is -2.30. The second kappa shape index (κ2) is 9.42. The third-order valence-corrected chi connectivity index (χ3v) is 4.37. The molecule has 1 unspecified atom stereocenters. The van der Waals surface area contributed by atoms with Crippen LogP contribution >= 0.6 is 11.6 Å². The van der Waals surface area contributed by atoms with Gasteiger partial charge in [-0.25, -0.2) is 0 Å². The van der Waals surface area contributed by atoms with Crippen molar-refractivity contribution in [3.05, 3.63) is 69.6 Å². The first-order chi connectivity index (χ1) is 12.0. The standard InChI is InChI=1S/C20H25ClN2O2/c1-15(2)6-11-18(16-7-9-17(21)10-8-16)22-19(24)12-14-23-13-4-3-5-20(23)25/h3-5,7-10,13,15,18H,6,11-12,14H2,1-2H3,(H,22,24). The number of nitrogens with zero attached hydrogens (tertiary/aromatic N) is 1. The molecule has 0 aliphatic rings. The first-order valence-electron chi connectivity index (χ1n) is 8.66. The molecule has 1 aromatic heterocycles. The third kappa shape index (κ3) is 6.39. The maximum absolute atomic E-state index is 12.4. The van der Waals surface area contributed by atoms with Gasteiger partial charge in [-0.2, -0.15) is 0 Å². The lowest BCUT2D eigenvalue weighted by atomic mass is 9.97. The van der Waals surface area contributed by atoms with Crippen molar-refractivity contribution in [3.8, 4) is 0 Å². The van der Waals surface area contributed by atoms with Crippen molar-refractivity contribution in [2.24, 2.45) is 5.92 Å². The summed E-state index contributed by atoms with van der Waals surface area (Å²) in [6.07, 6.45) is 3.86. The first kappa shape index (κ1) is 19.3.